The third-order valence-corrected chi connectivity index (χ3v) is 2.30. The standard InChI is InChI=1S/C10H9F4N3O3/c11-9(12)10(13,14)4-16-8(18)5-2-1-3-6(15)7(5)17(19)20/h1-3,9H,4,15H2,(H,16,18). The van der Waals surface area contributed by atoms with Crippen molar-refractivity contribution in [3.05, 3.63) is 33.9 Å². The van der Waals surface area contributed by atoms with E-state index in [4.69, 9.17) is 5.73 Å². The number of amides is 1. The Bertz CT molecular complexity index is 536. The molecule has 0 atom stereocenters. The number of carbonyl (C=O) groups is 1. The number of nitro groups is 1. The number of nitrogen functional groups attached to an aromatic ring is 1. The van der Waals surface area contributed by atoms with Crippen molar-refractivity contribution >= 4 is 17.3 Å². The maximum atomic E-state index is 12.6. The molecule has 0 heterocycles. The Morgan fingerprint density at radius 2 is 2.05 bits per heavy atom. The van der Waals surface area contributed by atoms with Crippen LogP contribution >= 0.6 is 0 Å². The van der Waals surface area contributed by atoms with Gasteiger partial charge in [0.1, 0.15) is 11.3 Å². The fourth-order valence-corrected chi connectivity index (χ4v) is 1.32. The van der Waals surface area contributed by atoms with E-state index in [1.165, 1.54) is 11.4 Å². The van der Waals surface area contributed by atoms with Crippen LogP contribution in [-0.2, 0) is 0 Å². The van der Waals surface area contributed by atoms with Crippen LogP contribution in [0.3, 0.4) is 0 Å². The van der Waals surface area contributed by atoms with Crippen LogP contribution in [0.2, 0.25) is 0 Å². The Morgan fingerprint density at radius 1 is 1.45 bits per heavy atom. The topological polar surface area (TPSA) is 98.3 Å². The van der Waals surface area contributed by atoms with Crippen LogP contribution < -0.4 is 11.1 Å². The highest BCUT2D eigenvalue weighted by Gasteiger charge is 2.41. The second kappa shape index (κ2) is 5.72. The molecule has 20 heavy (non-hydrogen) atoms. The number of nitrogens with one attached hydrogen (secondary N) is 1. The van der Waals surface area contributed by atoms with Gasteiger partial charge in [-0.05, 0) is 12.1 Å². The van der Waals surface area contributed by atoms with Crippen molar-refractivity contribution in [1.29, 1.82) is 0 Å². The lowest BCUT2D eigenvalue weighted by Crippen LogP contribution is -2.41. The molecule has 6 nitrogen and oxygen atoms in total. The van der Waals surface area contributed by atoms with Crippen LogP contribution in [0, 0.1) is 10.1 Å². The van der Waals surface area contributed by atoms with Gasteiger partial charge in [0.15, 0.2) is 0 Å². The molecule has 0 saturated carbocycles. The smallest absolute Gasteiger partial charge is 0.324 e. The zero-order valence-corrected chi connectivity index (χ0v) is 9.78. The number of hydrogen-bond acceptors (Lipinski definition) is 4. The highest BCUT2D eigenvalue weighted by atomic mass is 19.3. The first-order valence-corrected chi connectivity index (χ1v) is 5.14. The zero-order valence-electron chi connectivity index (χ0n) is 9.78. The number of halogens is 4. The lowest BCUT2D eigenvalue weighted by atomic mass is 10.1. The summed E-state index contributed by atoms with van der Waals surface area (Å²) in [4.78, 5) is 21.3. The average Bonchev–Trinajstić information content (AvgIpc) is 2.35. The van der Waals surface area contributed by atoms with Gasteiger partial charge < -0.3 is 11.1 Å². The number of rotatable bonds is 5. The molecule has 0 fully saturated rings. The number of benzene rings is 1. The monoisotopic (exact) mass is 295 g/mol. The zero-order chi connectivity index (χ0) is 15.5. The quantitative estimate of drug-likeness (QED) is 0.374. The number of alkyl halides is 4. The van der Waals surface area contributed by atoms with Crippen LogP contribution in [0.1, 0.15) is 10.4 Å². The summed E-state index contributed by atoms with van der Waals surface area (Å²) in [7, 11) is 0. The van der Waals surface area contributed by atoms with E-state index in [2.05, 4.69) is 0 Å². The third kappa shape index (κ3) is 3.33. The number of nitrogens with zero attached hydrogens (tertiary/aromatic N) is 1. The first-order chi connectivity index (χ1) is 9.16. The third-order valence-electron chi connectivity index (χ3n) is 2.30. The number of nitrogens with two attached hydrogens (primary N) is 1. The Labute approximate surface area is 109 Å². The van der Waals surface area contributed by atoms with Crippen molar-refractivity contribution in [2.45, 2.75) is 12.3 Å². The molecular weight excluding hydrogens is 286 g/mol. The number of nitro benzene ring substituents is 1. The van der Waals surface area contributed by atoms with Crippen molar-refractivity contribution in [3.63, 3.8) is 0 Å². The number of anilines is 1. The Kier molecular flexibility index (Phi) is 4.48. The van der Waals surface area contributed by atoms with Gasteiger partial charge in [-0.3, -0.25) is 14.9 Å². The van der Waals surface area contributed by atoms with Crippen LogP contribution in [0.4, 0.5) is 28.9 Å². The van der Waals surface area contributed by atoms with E-state index >= 15 is 0 Å². The average molecular weight is 295 g/mol. The molecule has 0 aromatic heterocycles. The fraction of sp³-hybridized carbons (Fsp3) is 0.300. The summed E-state index contributed by atoms with van der Waals surface area (Å²) in [6, 6.07) is 3.32. The molecule has 0 unspecified atom stereocenters. The highest BCUT2D eigenvalue weighted by Crippen LogP contribution is 2.26. The molecule has 110 valence electrons. The normalized spacial score (nSPS) is 11.4. The minimum Gasteiger partial charge on any atom is -0.393 e. The molecule has 0 spiro atoms. The maximum absolute atomic E-state index is 12.6. The molecule has 0 saturated heterocycles. The fourth-order valence-electron chi connectivity index (χ4n) is 1.32. The summed E-state index contributed by atoms with van der Waals surface area (Å²) >= 11 is 0. The van der Waals surface area contributed by atoms with Crippen molar-refractivity contribution in [1.82, 2.24) is 5.32 Å². The van der Waals surface area contributed by atoms with Gasteiger partial charge in [0.2, 0.25) is 0 Å². The summed E-state index contributed by atoms with van der Waals surface area (Å²) in [5.74, 6) is -5.71. The van der Waals surface area contributed by atoms with E-state index in [-0.39, 0.29) is 5.69 Å². The van der Waals surface area contributed by atoms with Crippen LogP contribution in [0.15, 0.2) is 18.2 Å². The first kappa shape index (κ1) is 15.7. The molecule has 0 aliphatic carbocycles. The van der Waals surface area contributed by atoms with E-state index in [9.17, 15) is 32.5 Å². The highest BCUT2D eigenvalue weighted by molar-refractivity contribution is 6.00. The lowest BCUT2D eigenvalue weighted by Gasteiger charge is -2.15. The Hall–Kier alpha value is -2.39. The molecule has 3 N–H and O–H groups in total. The summed E-state index contributed by atoms with van der Waals surface area (Å²) in [5.41, 5.74) is 3.60. The predicted octanol–water partition coefficient (Wildman–Crippen LogP) is 1.81. The SMILES string of the molecule is Nc1cccc(C(=O)NCC(F)(F)C(F)F)c1[N+](=O)[O-]. The van der Waals surface area contributed by atoms with Crippen molar-refractivity contribution in [3.8, 4) is 0 Å². The van der Waals surface area contributed by atoms with Crippen molar-refractivity contribution in [2.24, 2.45) is 0 Å². The van der Waals surface area contributed by atoms with E-state index in [0.717, 1.165) is 12.1 Å². The van der Waals surface area contributed by atoms with Gasteiger partial charge in [0.05, 0.1) is 11.5 Å². The van der Waals surface area contributed by atoms with Gasteiger partial charge >= 0.3 is 18.0 Å². The Morgan fingerprint density at radius 3 is 2.55 bits per heavy atom. The Balaban J connectivity index is 2.95. The molecule has 10 heteroatoms. The largest absolute Gasteiger partial charge is 0.393 e. The van der Waals surface area contributed by atoms with Gasteiger partial charge in [0, 0.05) is 0 Å². The second-order valence-corrected chi connectivity index (χ2v) is 3.74. The first-order valence-electron chi connectivity index (χ1n) is 5.14. The van der Waals surface area contributed by atoms with Crippen LogP contribution in [0.5, 0.6) is 0 Å². The summed E-state index contributed by atoms with van der Waals surface area (Å²) in [6.07, 6.45) is -3.96. The molecule has 0 aliphatic rings. The van der Waals surface area contributed by atoms with Crippen LogP contribution in [0.25, 0.3) is 0 Å². The molecule has 0 radical (unpaired) electrons. The number of para-hydroxylation sites is 1. The van der Waals surface area contributed by atoms with Gasteiger partial charge in [-0.15, -0.1) is 0 Å². The van der Waals surface area contributed by atoms with E-state index in [1.807, 2.05) is 0 Å². The number of hydrogen-bond donors (Lipinski definition) is 2. The van der Waals surface area contributed by atoms with Gasteiger partial charge in [-0.25, -0.2) is 8.78 Å². The van der Waals surface area contributed by atoms with Crippen LogP contribution in [-0.4, -0.2) is 29.7 Å². The lowest BCUT2D eigenvalue weighted by molar-refractivity contribution is -0.384. The van der Waals surface area contributed by atoms with E-state index in [1.54, 1.807) is 0 Å². The van der Waals surface area contributed by atoms with Gasteiger partial charge in [0.25, 0.3) is 5.91 Å². The molecule has 1 aromatic carbocycles. The number of carbonyl (C=O) groups excluding carboxylic acids is 1. The summed E-state index contributed by atoms with van der Waals surface area (Å²) < 4.78 is 49.1. The van der Waals surface area contributed by atoms with Crippen molar-refractivity contribution in [2.75, 3.05) is 12.3 Å². The van der Waals surface area contributed by atoms with E-state index in [0.29, 0.717) is 0 Å². The van der Waals surface area contributed by atoms with Gasteiger partial charge in [-0.2, -0.15) is 8.78 Å². The molecule has 1 aromatic rings. The molecule has 0 aliphatic heterocycles. The molecule has 0 bridgehead atoms. The van der Waals surface area contributed by atoms with E-state index < -0.39 is 41.0 Å². The maximum Gasteiger partial charge on any atom is 0.324 e. The minimum atomic E-state index is -4.43. The molecule has 1 rings (SSSR count). The summed E-state index contributed by atoms with van der Waals surface area (Å²) in [6.45, 7) is -1.64. The predicted molar refractivity (Wildman–Crippen MR) is 60.8 cm³/mol. The van der Waals surface area contributed by atoms with Gasteiger partial charge in [-0.1, -0.05) is 6.07 Å². The van der Waals surface area contributed by atoms with Crippen molar-refractivity contribution < 1.29 is 27.3 Å². The second-order valence-electron chi connectivity index (χ2n) is 3.74. The summed E-state index contributed by atoms with van der Waals surface area (Å²) in [5, 5.41) is 12.2. The molecule has 1 amide bonds. The minimum absolute atomic E-state index is 0.344. The molecular formula is C10H9F4N3O3.